The molecule has 1 unspecified atom stereocenters. The number of rotatable bonds is 16. The first-order valence-corrected chi connectivity index (χ1v) is 16.6. The molecule has 0 aliphatic heterocycles. The van der Waals surface area contributed by atoms with Crippen LogP contribution in [0.4, 0.5) is 0 Å². The molecule has 6 rings (SSSR count). The predicted molar refractivity (Wildman–Crippen MR) is 193 cm³/mol. The number of nitrogens with one attached hydrogen (secondary N) is 1. The van der Waals surface area contributed by atoms with E-state index < -0.39 is 17.5 Å². The van der Waals surface area contributed by atoms with Gasteiger partial charge in [0.2, 0.25) is 0 Å². The monoisotopic (exact) mass is 705 g/mol. The number of carbonyl (C=O) groups excluding carboxylic acids is 2. The minimum atomic E-state index is -0.932. The Bertz CT molecular complexity index is 2150. The zero-order valence-corrected chi connectivity index (χ0v) is 28.7. The molecule has 6 aromatic rings. The van der Waals surface area contributed by atoms with Gasteiger partial charge in [-0.05, 0) is 67.1 Å². The summed E-state index contributed by atoms with van der Waals surface area (Å²) in [5, 5.41) is 19.4. The van der Waals surface area contributed by atoms with E-state index in [4.69, 9.17) is 34.2 Å². The second-order valence-electron chi connectivity index (χ2n) is 12.0. The molecule has 1 heterocycles. The molecule has 0 saturated heterocycles. The quantitative estimate of drug-likeness (QED) is 0.0713. The first kappa shape index (κ1) is 35.9. The van der Waals surface area contributed by atoms with E-state index in [9.17, 15) is 9.59 Å². The number of aryl methyl sites for hydroxylation is 1. The van der Waals surface area contributed by atoms with Gasteiger partial charge in [-0.25, -0.2) is 9.63 Å². The lowest BCUT2D eigenvalue weighted by Gasteiger charge is -2.28. The number of H-pyrrole nitrogens is 1. The molecule has 0 fully saturated rings. The number of para-hydroxylation sites is 3. The SMILES string of the molecule is COc1ccccc1OCCN(CC(COc1cccc2[nH]c3ccccc3c12)OC(=O)c1cccc(CON(O)O)c1)C(=O)c1cccc(C)c1. The van der Waals surface area contributed by atoms with E-state index in [0.29, 0.717) is 28.4 Å². The van der Waals surface area contributed by atoms with Crippen LogP contribution in [0.2, 0.25) is 0 Å². The van der Waals surface area contributed by atoms with E-state index in [2.05, 4.69) is 4.98 Å². The van der Waals surface area contributed by atoms with Crippen LogP contribution in [-0.4, -0.2) is 77.1 Å². The number of ether oxygens (including phenoxy) is 4. The lowest BCUT2D eigenvalue weighted by Crippen LogP contribution is -2.43. The van der Waals surface area contributed by atoms with Crippen molar-refractivity contribution in [2.45, 2.75) is 19.6 Å². The van der Waals surface area contributed by atoms with Crippen LogP contribution in [0.3, 0.4) is 0 Å². The van der Waals surface area contributed by atoms with Crippen LogP contribution < -0.4 is 14.2 Å². The molecular weight excluding hydrogens is 666 g/mol. The zero-order chi connectivity index (χ0) is 36.5. The Kier molecular flexibility index (Phi) is 11.6. The minimum Gasteiger partial charge on any atom is -0.493 e. The minimum absolute atomic E-state index is 0.0234. The average Bonchev–Trinajstić information content (AvgIpc) is 3.55. The molecule has 3 N–H and O–H groups in total. The van der Waals surface area contributed by atoms with Crippen LogP contribution >= 0.6 is 0 Å². The van der Waals surface area contributed by atoms with Gasteiger partial charge in [0.05, 0.1) is 43.3 Å². The summed E-state index contributed by atoms with van der Waals surface area (Å²) in [6, 6.07) is 34.5. The van der Waals surface area contributed by atoms with Crippen LogP contribution in [0.15, 0.2) is 115 Å². The normalized spacial score (nSPS) is 11.8. The van der Waals surface area contributed by atoms with Crippen molar-refractivity contribution >= 4 is 33.7 Å². The Balaban J connectivity index is 1.29. The van der Waals surface area contributed by atoms with E-state index in [0.717, 1.165) is 27.4 Å². The van der Waals surface area contributed by atoms with Crippen molar-refractivity contribution in [3.8, 4) is 17.2 Å². The standard InChI is InChI=1S/C40H39N3O9/c1-27-10-7-12-29(22-27)39(44)42(20-21-49-36-18-6-5-17-35(36)48-2)24-31(52-40(45)30-13-8-11-28(23-30)25-51-43(46)47)26-50-37-19-9-16-34-38(37)32-14-3-4-15-33(32)41-34/h3-19,22-23,31,41,46-47H,20-21,24-26H2,1-2H3. The maximum absolute atomic E-state index is 14.1. The van der Waals surface area contributed by atoms with Crippen molar-refractivity contribution in [2.75, 3.05) is 33.4 Å². The number of esters is 1. The molecule has 5 aromatic carbocycles. The summed E-state index contributed by atoms with van der Waals surface area (Å²) in [6.45, 7) is 1.88. The third kappa shape index (κ3) is 8.86. The van der Waals surface area contributed by atoms with Gasteiger partial charge < -0.3 is 28.8 Å². The van der Waals surface area contributed by atoms with Crippen molar-refractivity contribution in [3.05, 3.63) is 138 Å². The van der Waals surface area contributed by atoms with Crippen molar-refractivity contribution in [3.63, 3.8) is 0 Å². The van der Waals surface area contributed by atoms with Gasteiger partial charge in [0, 0.05) is 21.9 Å². The van der Waals surface area contributed by atoms with Gasteiger partial charge >= 0.3 is 5.97 Å². The van der Waals surface area contributed by atoms with E-state index in [1.165, 1.54) is 6.07 Å². The van der Waals surface area contributed by atoms with Crippen LogP contribution in [0.25, 0.3) is 21.8 Å². The fourth-order valence-corrected chi connectivity index (χ4v) is 5.92. The summed E-state index contributed by atoms with van der Waals surface area (Å²) in [7, 11) is 1.56. The molecule has 1 aromatic heterocycles. The Hall–Kier alpha value is -5.92. The lowest BCUT2D eigenvalue weighted by atomic mass is 10.1. The molecule has 1 atom stereocenters. The van der Waals surface area contributed by atoms with E-state index in [-0.39, 0.29) is 44.4 Å². The topological polar surface area (TPSA) is 143 Å². The molecule has 268 valence electrons. The zero-order valence-electron chi connectivity index (χ0n) is 28.7. The summed E-state index contributed by atoms with van der Waals surface area (Å²) < 4.78 is 24.0. The summed E-state index contributed by atoms with van der Waals surface area (Å²) in [5.74, 6) is 0.732. The first-order chi connectivity index (χ1) is 25.3. The van der Waals surface area contributed by atoms with Gasteiger partial charge in [-0.1, -0.05) is 66.2 Å². The molecule has 12 nitrogen and oxygen atoms in total. The van der Waals surface area contributed by atoms with Gasteiger partial charge in [0.15, 0.2) is 17.6 Å². The largest absolute Gasteiger partial charge is 0.493 e. The van der Waals surface area contributed by atoms with Gasteiger partial charge in [0.25, 0.3) is 5.91 Å². The summed E-state index contributed by atoms with van der Waals surface area (Å²) in [5.41, 5.74) is 3.93. The van der Waals surface area contributed by atoms with Crippen molar-refractivity contribution in [1.82, 2.24) is 15.3 Å². The smallest absolute Gasteiger partial charge is 0.338 e. The molecule has 0 bridgehead atoms. The van der Waals surface area contributed by atoms with Crippen LogP contribution in [0.1, 0.15) is 31.8 Å². The number of aromatic amines is 1. The maximum atomic E-state index is 14.1. The number of amides is 1. The van der Waals surface area contributed by atoms with Crippen molar-refractivity contribution in [1.29, 1.82) is 0 Å². The highest BCUT2D eigenvalue weighted by Gasteiger charge is 2.26. The highest BCUT2D eigenvalue weighted by atomic mass is 17.1. The fraction of sp³-hybridized carbons (Fsp3) is 0.200. The summed E-state index contributed by atoms with van der Waals surface area (Å²) in [6.07, 6.45) is -0.932. The number of hydrogen-bond acceptors (Lipinski definition) is 10. The van der Waals surface area contributed by atoms with Crippen LogP contribution in [0.5, 0.6) is 17.2 Å². The Labute approximate surface area is 300 Å². The molecule has 0 aliphatic carbocycles. The fourth-order valence-electron chi connectivity index (χ4n) is 5.92. The number of aromatic nitrogens is 1. The summed E-state index contributed by atoms with van der Waals surface area (Å²) >= 11 is 0. The number of nitrogens with zero attached hydrogens (tertiary/aromatic N) is 2. The predicted octanol–water partition coefficient (Wildman–Crippen LogP) is 6.98. The van der Waals surface area contributed by atoms with E-state index >= 15 is 0 Å². The molecule has 0 saturated carbocycles. The molecular formula is C40H39N3O9. The van der Waals surface area contributed by atoms with Crippen molar-refractivity contribution < 1.29 is 43.8 Å². The van der Waals surface area contributed by atoms with E-state index in [1.54, 1.807) is 54.5 Å². The molecule has 0 radical (unpaired) electrons. The Morgan fingerprint density at radius 1 is 0.769 bits per heavy atom. The molecule has 0 aliphatic rings. The second-order valence-corrected chi connectivity index (χ2v) is 12.0. The van der Waals surface area contributed by atoms with Crippen LogP contribution in [0, 0.1) is 6.92 Å². The maximum Gasteiger partial charge on any atom is 0.338 e. The molecule has 1 amide bonds. The van der Waals surface area contributed by atoms with E-state index in [1.807, 2.05) is 73.7 Å². The van der Waals surface area contributed by atoms with Crippen LogP contribution in [-0.2, 0) is 16.2 Å². The van der Waals surface area contributed by atoms with Crippen molar-refractivity contribution in [2.24, 2.45) is 0 Å². The number of benzene rings is 5. The highest BCUT2D eigenvalue weighted by Crippen LogP contribution is 2.33. The Morgan fingerprint density at radius 3 is 2.29 bits per heavy atom. The number of carbonyl (C=O) groups is 2. The third-order valence-electron chi connectivity index (χ3n) is 8.36. The third-order valence-corrected chi connectivity index (χ3v) is 8.36. The van der Waals surface area contributed by atoms with Gasteiger partial charge in [-0.3, -0.25) is 15.2 Å². The number of fused-ring (bicyclic) bond motifs is 3. The number of hydrogen-bond donors (Lipinski definition) is 3. The molecule has 12 heteroatoms. The molecule has 0 spiro atoms. The molecule has 52 heavy (non-hydrogen) atoms. The van der Waals surface area contributed by atoms with Gasteiger partial charge in [-0.2, -0.15) is 0 Å². The first-order valence-electron chi connectivity index (χ1n) is 16.6. The average molecular weight is 706 g/mol. The number of methoxy groups -OCH3 is 1. The lowest BCUT2D eigenvalue weighted by molar-refractivity contribution is -0.497. The second kappa shape index (κ2) is 16.9. The Morgan fingerprint density at radius 2 is 1.48 bits per heavy atom. The summed E-state index contributed by atoms with van der Waals surface area (Å²) in [4.78, 5) is 37.5. The highest BCUT2D eigenvalue weighted by molar-refractivity contribution is 6.10. The van der Waals surface area contributed by atoms with Gasteiger partial charge in [0.1, 0.15) is 19.0 Å². The van der Waals surface area contributed by atoms with Gasteiger partial charge in [-0.15, -0.1) is 0 Å².